The van der Waals surface area contributed by atoms with E-state index in [4.69, 9.17) is 0 Å². The molecule has 0 spiro atoms. The molecular formula is C17H12N5O5-. The quantitative estimate of drug-likeness (QED) is 0.417. The number of non-ortho nitro benzene ring substituents is 1. The molecule has 0 fully saturated rings. The maximum atomic E-state index is 12.5. The summed E-state index contributed by atoms with van der Waals surface area (Å²) in [6.45, 7) is 1.62. The summed E-state index contributed by atoms with van der Waals surface area (Å²) in [5, 5.41) is 32.2. The van der Waals surface area contributed by atoms with Gasteiger partial charge >= 0.3 is 0 Å². The molecule has 27 heavy (non-hydrogen) atoms. The zero-order valence-electron chi connectivity index (χ0n) is 13.9. The number of nitro groups is 1. The summed E-state index contributed by atoms with van der Waals surface area (Å²) in [7, 11) is 0. The number of H-pyrrole nitrogens is 1. The second-order valence-corrected chi connectivity index (χ2v) is 5.54. The summed E-state index contributed by atoms with van der Waals surface area (Å²) in [6.07, 6.45) is 0. The van der Waals surface area contributed by atoms with Crippen molar-refractivity contribution in [2.45, 2.75) is 6.92 Å². The molecule has 0 aliphatic carbocycles. The van der Waals surface area contributed by atoms with Gasteiger partial charge in [0.1, 0.15) is 0 Å². The smallest absolute Gasteiger partial charge is 0.299 e. The minimum Gasteiger partial charge on any atom is -0.545 e. The highest BCUT2D eigenvalue weighted by atomic mass is 16.6. The Balaban J connectivity index is 1.94. The Labute approximate surface area is 151 Å². The Hall–Kier alpha value is -4.08. The third kappa shape index (κ3) is 3.63. The van der Waals surface area contributed by atoms with E-state index in [2.05, 4.69) is 15.3 Å². The molecular weight excluding hydrogens is 354 g/mol. The maximum Gasteiger partial charge on any atom is 0.299 e. The molecule has 1 N–H and O–H groups in total. The summed E-state index contributed by atoms with van der Waals surface area (Å²) in [5.74, 6) is -1.34. The molecule has 10 nitrogen and oxygen atoms in total. The SMILES string of the molecule is Cc1[nH]n(-c2ccc([N+](=O)[O-])cc2)c(=O)c1N=Nc1cccc(C(=O)[O-])c1. The molecule has 2 aromatic carbocycles. The van der Waals surface area contributed by atoms with E-state index >= 15 is 0 Å². The molecule has 136 valence electrons. The summed E-state index contributed by atoms with van der Waals surface area (Å²) in [4.78, 5) is 33.6. The fourth-order valence-corrected chi connectivity index (χ4v) is 2.36. The molecule has 0 atom stereocenters. The van der Waals surface area contributed by atoms with Crippen LogP contribution in [0.2, 0.25) is 0 Å². The van der Waals surface area contributed by atoms with Crippen LogP contribution in [-0.2, 0) is 0 Å². The van der Waals surface area contributed by atoms with E-state index in [1.54, 1.807) is 6.92 Å². The molecule has 10 heteroatoms. The summed E-state index contributed by atoms with van der Waals surface area (Å²) in [6, 6.07) is 11.1. The lowest BCUT2D eigenvalue weighted by Crippen LogP contribution is -2.21. The highest BCUT2D eigenvalue weighted by Crippen LogP contribution is 2.20. The van der Waals surface area contributed by atoms with Gasteiger partial charge in [0.15, 0.2) is 5.69 Å². The first-order valence-electron chi connectivity index (χ1n) is 7.66. The fraction of sp³-hybridized carbons (Fsp3) is 0.0588. The third-order valence-electron chi connectivity index (χ3n) is 3.71. The number of carbonyl (C=O) groups is 1. The van der Waals surface area contributed by atoms with E-state index in [0.717, 1.165) is 0 Å². The number of aromatic amines is 1. The van der Waals surface area contributed by atoms with Gasteiger partial charge in [0.05, 0.1) is 28.0 Å². The summed E-state index contributed by atoms with van der Waals surface area (Å²) in [5.41, 5.74) is 0.461. The first kappa shape index (κ1) is 17.7. The highest BCUT2D eigenvalue weighted by Gasteiger charge is 2.13. The zero-order valence-corrected chi connectivity index (χ0v) is 13.9. The molecule has 0 bridgehead atoms. The van der Waals surface area contributed by atoms with Crippen LogP contribution in [-0.4, -0.2) is 20.7 Å². The van der Waals surface area contributed by atoms with Gasteiger partial charge in [-0.1, -0.05) is 12.1 Å². The molecule has 3 rings (SSSR count). The molecule has 0 unspecified atom stereocenters. The van der Waals surface area contributed by atoms with Crippen LogP contribution >= 0.6 is 0 Å². The second-order valence-electron chi connectivity index (χ2n) is 5.54. The van der Waals surface area contributed by atoms with Crippen LogP contribution < -0.4 is 10.7 Å². The Morgan fingerprint density at radius 3 is 2.48 bits per heavy atom. The molecule has 0 saturated carbocycles. The van der Waals surface area contributed by atoms with E-state index in [0.29, 0.717) is 11.4 Å². The van der Waals surface area contributed by atoms with Gasteiger partial charge in [0.2, 0.25) is 0 Å². The number of benzene rings is 2. The predicted molar refractivity (Wildman–Crippen MR) is 92.7 cm³/mol. The van der Waals surface area contributed by atoms with Crippen LogP contribution in [0.1, 0.15) is 16.1 Å². The highest BCUT2D eigenvalue weighted by molar-refractivity contribution is 5.86. The predicted octanol–water partition coefficient (Wildman–Crippen LogP) is 2.16. The van der Waals surface area contributed by atoms with Crippen molar-refractivity contribution < 1.29 is 14.8 Å². The summed E-state index contributed by atoms with van der Waals surface area (Å²) < 4.78 is 1.19. The number of carboxylic acid groups (broad SMARTS) is 1. The standard InChI is InChI=1S/C17H13N5O5/c1-10-15(19-18-12-4-2-3-11(9-12)17(24)25)16(23)21(20-10)13-5-7-14(8-6-13)22(26)27/h2-9,20H,1H3,(H,24,25)/p-1. The van der Waals surface area contributed by atoms with Gasteiger partial charge in [0, 0.05) is 12.1 Å². The number of azo groups is 1. The van der Waals surface area contributed by atoms with Crippen molar-refractivity contribution in [3.05, 3.63) is 80.3 Å². The number of rotatable bonds is 5. The molecule has 0 saturated heterocycles. The van der Waals surface area contributed by atoms with Crippen molar-refractivity contribution >= 4 is 23.0 Å². The lowest BCUT2D eigenvalue weighted by atomic mass is 10.2. The van der Waals surface area contributed by atoms with Gasteiger partial charge in [-0.3, -0.25) is 20.0 Å². The normalized spacial score (nSPS) is 11.0. The third-order valence-corrected chi connectivity index (χ3v) is 3.71. The lowest BCUT2D eigenvalue weighted by molar-refractivity contribution is -0.384. The van der Waals surface area contributed by atoms with Crippen LogP contribution in [0.5, 0.6) is 0 Å². The van der Waals surface area contributed by atoms with Crippen molar-refractivity contribution in [2.75, 3.05) is 0 Å². The largest absolute Gasteiger partial charge is 0.545 e. The minimum absolute atomic E-state index is 0.0344. The number of carbonyl (C=O) groups excluding carboxylic acids is 1. The van der Waals surface area contributed by atoms with E-state index in [-0.39, 0.29) is 22.6 Å². The second kappa shape index (κ2) is 7.04. The van der Waals surface area contributed by atoms with Crippen molar-refractivity contribution in [3.8, 4) is 5.69 Å². The molecule has 1 heterocycles. The topological polar surface area (TPSA) is 146 Å². The number of nitro benzene ring substituents is 1. The van der Waals surface area contributed by atoms with Crippen LogP contribution in [0.4, 0.5) is 17.1 Å². The van der Waals surface area contributed by atoms with E-state index in [1.807, 2.05) is 0 Å². The number of aromatic carboxylic acids is 1. The van der Waals surface area contributed by atoms with Crippen LogP contribution in [0.3, 0.4) is 0 Å². The minimum atomic E-state index is -1.34. The van der Waals surface area contributed by atoms with Crippen molar-refractivity contribution in [2.24, 2.45) is 10.2 Å². The van der Waals surface area contributed by atoms with Crippen molar-refractivity contribution in [1.82, 2.24) is 9.78 Å². The average Bonchev–Trinajstić information content (AvgIpc) is 2.94. The Morgan fingerprint density at radius 1 is 1.15 bits per heavy atom. The maximum absolute atomic E-state index is 12.5. The number of hydrogen-bond acceptors (Lipinski definition) is 7. The average molecular weight is 366 g/mol. The Morgan fingerprint density at radius 2 is 1.85 bits per heavy atom. The van der Waals surface area contributed by atoms with Crippen molar-refractivity contribution in [1.29, 1.82) is 0 Å². The van der Waals surface area contributed by atoms with Gasteiger partial charge in [0.25, 0.3) is 11.2 Å². The number of nitrogens with one attached hydrogen (secondary N) is 1. The van der Waals surface area contributed by atoms with Crippen LogP contribution in [0, 0.1) is 17.0 Å². The Bertz CT molecular complexity index is 1110. The first-order chi connectivity index (χ1) is 12.9. The molecule has 1 aromatic heterocycles. The van der Waals surface area contributed by atoms with Gasteiger partial charge < -0.3 is 9.90 Å². The fourth-order valence-electron chi connectivity index (χ4n) is 2.36. The van der Waals surface area contributed by atoms with Gasteiger partial charge in [-0.05, 0) is 36.8 Å². The van der Waals surface area contributed by atoms with E-state index in [1.165, 1.54) is 53.2 Å². The molecule has 3 aromatic rings. The molecule has 0 aliphatic rings. The number of hydrogen-bond donors (Lipinski definition) is 1. The number of aromatic nitrogens is 2. The summed E-state index contributed by atoms with van der Waals surface area (Å²) >= 11 is 0. The molecule has 0 aliphatic heterocycles. The van der Waals surface area contributed by atoms with Crippen LogP contribution in [0.25, 0.3) is 5.69 Å². The zero-order chi connectivity index (χ0) is 19.6. The molecule has 0 amide bonds. The number of aryl methyl sites for hydroxylation is 1. The first-order valence-corrected chi connectivity index (χ1v) is 7.66. The van der Waals surface area contributed by atoms with Gasteiger partial charge in [-0.2, -0.15) is 5.11 Å². The van der Waals surface area contributed by atoms with E-state index < -0.39 is 16.5 Å². The van der Waals surface area contributed by atoms with Gasteiger partial charge in [-0.25, -0.2) is 4.68 Å². The monoisotopic (exact) mass is 366 g/mol. The number of carboxylic acids is 1. The molecule has 0 radical (unpaired) electrons. The van der Waals surface area contributed by atoms with Crippen LogP contribution in [0.15, 0.2) is 63.6 Å². The van der Waals surface area contributed by atoms with E-state index in [9.17, 15) is 24.8 Å². The van der Waals surface area contributed by atoms with Crippen molar-refractivity contribution in [3.63, 3.8) is 0 Å². The lowest BCUT2D eigenvalue weighted by Gasteiger charge is -2.01. The number of nitrogens with zero attached hydrogens (tertiary/aromatic N) is 4. The van der Waals surface area contributed by atoms with Gasteiger partial charge in [-0.15, -0.1) is 5.11 Å². The Kier molecular flexibility index (Phi) is 4.62.